The molecule has 3 aromatic rings. The highest BCUT2D eigenvalue weighted by Crippen LogP contribution is 2.21. The number of nitrogens with zero attached hydrogens (tertiary/aromatic N) is 2. The number of halogens is 1. The van der Waals surface area contributed by atoms with Crippen LogP contribution in [-0.2, 0) is 13.1 Å². The minimum Gasteiger partial charge on any atom is -0.494 e. The molecular weight excluding hydrogens is 491 g/mol. The molecule has 0 bridgehead atoms. The van der Waals surface area contributed by atoms with Crippen molar-refractivity contribution in [3.05, 3.63) is 71.2 Å². The van der Waals surface area contributed by atoms with Gasteiger partial charge in [-0.05, 0) is 32.4 Å². The third-order valence-electron chi connectivity index (χ3n) is 4.49. The fourth-order valence-corrected chi connectivity index (χ4v) is 2.90. The Morgan fingerprint density at radius 3 is 2.43 bits per heavy atom. The summed E-state index contributed by atoms with van der Waals surface area (Å²) in [6, 6.07) is 14.4. The van der Waals surface area contributed by atoms with Gasteiger partial charge in [-0.15, -0.1) is 24.0 Å². The minimum absolute atomic E-state index is 0. The smallest absolute Gasteiger partial charge is 0.214 e. The highest BCUT2D eigenvalue weighted by atomic mass is 127. The number of nitrogens with one attached hydrogen (secondary N) is 2. The van der Waals surface area contributed by atoms with Crippen molar-refractivity contribution >= 4 is 29.9 Å². The average Bonchev–Trinajstić information content (AvgIpc) is 3.19. The molecule has 30 heavy (non-hydrogen) atoms. The molecular formula is C23H29IN4O2. The second kappa shape index (κ2) is 11.6. The SMILES string of the molecule is CCOc1cc(C)ccc1CNC(=NC)NCc1ncc(-c2ccc(C)cc2)o1.I. The lowest BCUT2D eigenvalue weighted by molar-refractivity contribution is 0.336. The number of guanidine groups is 1. The molecule has 2 aromatic carbocycles. The van der Waals surface area contributed by atoms with Gasteiger partial charge >= 0.3 is 0 Å². The molecule has 0 unspecified atom stereocenters. The Hall–Kier alpha value is -2.55. The van der Waals surface area contributed by atoms with E-state index in [1.807, 2.05) is 19.1 Å². The van der Waals surface area contributed by atoms with Crippen molar-refractivity contribution in [1.82, 2.24) is 15.6 Å². The van der Waals surface area contributed by atoms with Gasteiger partial charge in [0.05, 0.1) is 19.3 Å². The van der Waals surface area contributed by atoms with Crippen LogP contribution in [0.25, 0.3) is 11.3 Å². The maximum absolute atomic E-state index is 5.86. The zero-order valence-electron chi connectivity index (χ0n) is 17.9. The zero-order chi connectivity index (χ0) is 20.6. The van der Waals surface area contributed by atoms with Crippen molar-refractivity contribution in [2.45, 2.75) is 33.9 Å². The summed E-state index contributed by atoms with van der Waals surface area (Å²) >= 11 is 0. The topological polar surface area (TPSA) is 71.7 Å². The molecule has 1 heterocycles. The van der Waals surface area contributed by atoms with Gasteiger partial charge in [-0.1, -0.05) is 42.0 Å². The van der Waals surface area contributed by atoms with Crippen LogP contribution in [0.2, 0.25) is 0 Å². The summed E-state index contributed by atoms with van der Waals surface area (Å²) in [6.07, 6.45) is 1.75. The fraction of sp³-hybridized carbons (Fsp3) is 0.304. The number of aliphatic imine (C=N–C) groups is 1. The largest absolute Gasteiger partial charge is 0.494 e. The highest BCUT2D eigenvalue weighted by molar-refractivity contribution is 14.0. The van der Waals surface area contributed by atoms with E-state index in [2.05, 4.69) is 64.8 Å². The monoisotopic (exact) mass is 520 g/mol. The molecule has 0 saturated heterocycles. The maximum Gasteiger partial charge on any atom is 0.214 e. The van der Waals surface area contributed by atoms with Gasteiger partial charge in [0, 0.05) is 24.7 Å². The molecule has 0 aliphatic heterocycles. The van der Waals surface area contributed by atoms with Crippen molar-refractivity contribution in [3.8, 4) is 17.1 Å². The van der Waals surface area contributed by atoms with Gasteiger partial charge < -0.3 is 19.8 Å². The van der Waals surface area contributed by atoms with E-state index < -0.39 is 0 Å². The van der Waals surface area contributed by atoms with Crippen LogP contribution in [0.1, 0.15) is 29.5 Å². The third kappa shape index (κ3) is 6.48. The number of benzene rings is 2. The van der Waals surface area contributed by atoms with Gasteiger partial charge in [0.15, 0.2) is 11.7 Å². The Balaban J connectivity index is 0.00000320. The molecule has 1 aromatic heterocycles. The summed E-state index contributed by atoms with van der Waals surface area (Å²) in [5.41, 5.74) is 4.48. The predicted octanol–water partition coefficient (Wildman–Crippen LogP) is 4.84. The number of aryl methyl sites for hydroxylation is 2. The van der Waals surface area contributed by atoms with Crippen LogP contribution in [0.3, 0.4) is 0 Å². The van der Waals surface area contributed by atoms with Crippen molar-refractivity contribution in [1.29, 1.82) is 0 Å². The number of aromatic nitrogens is 1. The summed E-state index contributed by atoms with van der Waals surface area (Å²) in [6.45, 7) is 7.79. The lowest BCUT2D eigenvalue weighted by atomic mass is 10.1. The molecule has 0 spiro atoms. The van der Waals surface area contributed by atoms with E-state index in [-0.39, 0.29) is 24.0 Å². The van der Waals surface area contributed by atoms with Gasteiger partial charge in [0.25, 0.3) is 0 Å². The molecule has 3 rings (SSSR count). The van der Waals surface area contributed by atoms with Gasteiger partial charge in [0.2, 0.25) is 5.89 Å². The molecule has 0 aliphatic carbocycles. The van der Waals surface area contributed by atoms with E-state index in [4.69, 9.17) is 9.15 Å². The number of hydrogen-bond acceptors (Lipinski definition) is 4. The first-order chi connectivity index (χ1) is 14.1. The highest BCUT2D eigenvalue weighted by Gasteiger charge is 2.09. The Labute approximate surface area is 195 Å². The lowest BCUT2D eigenvalue weighted by Crippen LogP contribution is -2.36. The average molecular weight is 520 g/mol. The van der Waals surface area contributed by atoms with E-state index >= 15 is 0 Å². The standard InChI is InChI=1S/C23H28N4O2.HI/c1-5-28-20-12-17(3)8-11-19(20)13-26-23(24-4)27-15-22-25-14-21(29-22)18-9-6-16(2)7-10-18;/h6-12,14H,5,13,15H2,1-4H3,(H2,24,26,27);1H. The van der Waals surface area contributed by atoms with E-state index in [9.17, 15) is 0 Å². The quantitative estimate of drug-likeness (QED) is 0.265. The Morgan fingerprint density at radius 1 is 1.03 bits per heavy atom. The van der Waals surface area contributed by atoms with Crippen LogP contribution in [0, 0.1) is 13.8 Å². The van der Waals surface area contributed by atoms with Crippen LogP contribution in [-0.4, -0.2) is 24.6 Å². The molecule has 0 saturated carbocycles. The maximum atomic E-state index is 5.86. The number of ether oxygens (including phenoxy) is 1. The van der Waals surface area contributed by atoms with Gasteiger partial charge in [-0.25, -0.2) is 4.98 Å². The van der Waals surface area contributed by atoms with Gasteiger partial charge in [-0.3, -0.25) is 4.99 Å². The van der Waals surface area contributed by atoms with E-state index in [0.717, 1.165) is 22.6 Å². The molecule has 6 nitrogen and oxygen atoms in total. The Bertz CT molecular complexity index is 968. The normalized spacial score (nSPS) is 11.0. The first-order valence-corrected chi connectivity index (χ1v) is 9.77. The molecule has 0 atom stereocenters. The van der Waals surface area contributed by atoms with Crippen LogP contribution in [0.15, 0.2) is 58.1 Å². The molecule has 7 heteroatoms. The van der Waals surface area contributed by atoms with Crippen molar-refractivity contribution in [2.75, 3.05) is 13.7 Å². The second-order valence-electron chi connectivity index (χ2n) is 6.81. The number of rotatable bonds is 7. The number of hydrogen-bond donors (Lipinski definition) is 2. The summed E-state index contributed by atoms with van der Waals surface area (Å²) < 4.78 is 11.6. The fourth-order valence-electron chi connectivity index (χ4n) is 2.90. The van der Waals surface area contributed by atoms with E-state index in [1.165, 1.54) is 11.1 Å². The van der Waals surface area contributed by atoms with Crippen molar-refractivity contribution < 1.29 is 9.15 Å². The second-order valence-corrected chi connectivity index (χ2v) is 6.81. The van der Waals surface area contributed by atoms with E-state index in [0.29, 0.717) is 31.5 Å². The summed E-state index contributed by atoms with van der Waals surface area (Å²) in [5.74, 6) is 2.92. The summed E-state index contributed by atoms with van der Waals surface area (Å²) in [4.78, 5) is 8.63. The Morgan fingerprint density at radius 2 is 1.73 bits per heavy atom. The minimum atomic E-state index is 0. The number of oxazole rings is 1. The summed E-state index contributed by atoms with van der Waals surface area (Å²) in [7, 11) is 1.74. The molecule has 0 fully saturated rings. The lowest BCUT2D eigenvalue weighted by Gasteiger charge is -2.14. The first kappa shape index (κ1) is 23.7. The first-order valence-electron chi connectivity index (χ1n) is 9.77. The van der Waals surface area contributed by atoms with Crippen molar-refractivity contribution in [2.24, 2.45) is 4.99 Å². The van der Waals surface area contributed by atoms with Gasteiger partial charge in [-0.2, -0.15) is 0 Å². The van der Waals surface area contributed by atoms with Crippen LogP contribution in [0.4, 0.5) is 0 Å². The predicted molar refractivity (Wildman–Crippen MR) is 131 cm³/mol. The molecule has 0 aliphatic rings. The molecule has 2 N–H and O–H groups in total. The Kier molecular flexibility index (Phi) is 9.16. The van der Waals surface area contributed by atoms with E-state index in [1.54, 1.807) is 13.2 Å². The molecule has 0 amide bonds. The zero-order valence-corrected chi connectivity index (χ0v) is 20.2. The molecule has 160 valence electrons. The van der Waals surface area contributed by atoms with Crippen LogP contribution >= 0.6 is 24.0 Å². The molecule has 0 radical (unpaired) electrons. The van der Waals surface area contributed by atoms with Crippen LogP contribution in [0.5, 0.6) is 5.75 Å². The summed E-state index contributed by atoms with van der Waals surface area (Å²) in [5, 5.41) is 6.54. The van der Waals surface area contributed by atoms with Crippen LogP contribution < -0.4 is 15.4 Å². The third-order valence-corrected chi connectivity index (χ3v) is 4.49. The van der Waals surface area contributed by atoms with Gasteiger partial charge in [0.1, 0.15) is 5.75 Å². The van der Waals surface area contributed by atoms with Crippen molar-refractivity contribution in [3.63, 3.8) is 0 Å².